The number of nitrogens with one attached hydrogen (secondary N) is 1. The molecule has 2 aromatic heterocycles. The van der Waals surface area contributed by atoms with Crippen LogP contribution in [0.4, 0.5) is 5.82 Å². The normalized spacial score (nSPS) is 24.9. The molecule has 2 aromatic rings. The van der Waals surface area contributed by atoms with Gasteiger partial charge in [0.05, 0.1) is 16.9 Å². The summed E-state index contributed by atoms with van der Waals surface area (Å²) < 4.78 is 52.4. The second-order valence-corrected chi connectivity index (χ2v) is 14.2. The smallest absolute Gasteiger partial charge is 0.214 e. The van der Waals surface area contributed by atoms with E-state index in [4.69, 9.17) is 0 Å². The molecule has 1 aliphatic heterocycles. The zero-order valence-corrected chi connectivity index (χ0v) is 21.8. The van der Waals surface area contributed by atoms with E-state index >= 15 is 0 Å². The molecule has 0 bridgehead atoms. The second-order valence-electron chi connectivity index (χ2n) is 9.98. The first-order valence-corrected chi connectivity index (χ1v) is 15.8. The zero-order chi connectivity index (χ0) is 24.3. The number of piperidine rings is 1. The van der Waals surface area contributed by atoms with Crippen LogP contribution in [0.15, 0.2) is 18.6 Å². The van der Waals surface area contributed by atoms with Gasteiger partial charge in [-0.15, -0.1) is 0 Å². The van der Waals surface area contributed by atoms with Crippen molar-refractivity contribution < 1.29 is 16.8 Å². The Morgan fingerprint density at radius 3 is 2.56 bits per heavy atom. The molecule has 11 heteroatoms. The lowest BCUT2D eigenvalue weighted by atomic mass is 9.86. The Labute approximate surface area is 203 Å². The Kier molecular flexibility index (Phi) is 7.83. The molecule has 1 unspecified atom stereocenters. The SMILES string of the molecule is CCCS(=O)(=O)CC1CCCN(S(=O)(=O)CC2CCC(N(C)c3ncnc4[nH]ccc34)CC2)C1. The quantitative estimate of drug-likeness (QED) is 0.550. The Morgan fingerprint density at radius 1 is 1.06 bits per heavy atom. The number of aromatic nitrogens is 3. The Morgan fingerprint density at radius 2 is 1.82 bits per heavy atom. The first-order chi connectivity index (χ1) is 16.2. The average Bonchev–Trinajstić information content (AvgIpc) is 3.28. The number of fused-ring (bicyclic) bond motifs is 1. The molecule has 0 aromatic carbocycles. The predicted octanol–water partition coefficient (Wildman–Crippen LogP) is 2.82. The van der Waals surface area contributed by atoms with Gasteiger partial charge in [-0.05, 0) is 62.8 Å². The third-order valence-electron chi connectivity index (χ3n) is 7.36. The highest BCUT2D eigenvalue weighted by atomic mass is 32.2. The zero-order valence-electron chi connectivity index (χ0n) is 20.2. The van der Waals surface area contributed by atoms with E-state index in [1.807, 2.05) is 19.2 Å². The number of nitrogens with zero attached hydrogens (tertiary/aromatic N) is 4. The molecule has 1 aliphatic carbocycles. The first kappa shape index (κ1) is 25.4. The van der Waals surface area contributed by atoms with Gasteiger partial charge in [0, 0.05) is 38.1 Å². The number of sulfonamides is 1. The molecule has 0 radical (unpaired) electrons. The maximum Gasteiger partial charge on any atom is 0.214 e. The highest BCUT2D eigenvalue weighted by Gasteiger charge is 2.34. The number of sulfone groups is 1. The topological polar surface area (TPSA) is 116 Å². The summed E-state index contributed by atoms with van der Waals surface area (Å²) in [6, 6.07) is 2.30. The number of rotatable bonds is 9. The van der Waals surface area contributed by atoms with Crippen molar-refractivity contribution in [3.63, 3.8) is 0 Å². The molecule has 1 atom stereocenters. The van der Waals surface area contributed by atoms with Crippen molar-refractivity contribution in [2.75, 3.05) is 42.3 Å². The number of anilines is 1. The van der Waals surface area contributed by atoms with Gasteiger partial charge in [0.15, 0.2) is 9.84 Å². The standard InChI is InChI=1S/C23H37N5O4S2/c1-3-13-33(29,30)15-19-5-4-12-28(14-19)34(31,32)16-18-6-8-20(9-7-18)27(2)23-21-10-11-24-22(21)25-17-26-23/h10-11,17-20H,3-9,12-16H2,1-2H3,(H,24,25,26). The largest absolute Gasteiger partial charge is 0.356 e. The van der Waals surface area contributed by atoms with Crippen molar-refractivity contribution in [3.05, 3.63) is 18.6 Å². The number of aromatic amines is 1. The molecule has 1 saturated carbocycles. The van der Waals surface area contributed by atoms with E-state index < -0.39 is 19.9 Å². The monoisotopic (exact) mass is 511 g/mol. The van der Waals surface area contributed by atoms with Crippen LogP contribution in [0.1, 0.15) is 51.9 Å². The van der Waals surface area contributed by atoms with Crippen molar-refractivity contribution in [2.45, 2.75) is 57.9 Å². The van der Waals surface area contributed by atoms with Crippen LogP contribution in [0.2, 0.25) is 0 Å². The van der Waals surface area contributed by atoms with Gasteiger partial charge in [0.25, 0.3) is 0 Å². The molecular weight excluding hydrogens is 474 g/mol. The molecule has 1 saturated heterocycles. The fourth-order valence-electron chi connectivity index (χ4n) is 5.58. The van der Waals surface area contributed by atoms with Crippen molar-refractivity contribution in [3.8, 4) is 0 Å². The molecule has 34 heavy (non-hydrogen) atoms. The summed E-state index contributed by atoms with van der Waals surface area (Å²) in [5.74, 6) is 1.38. The molecule has 1 N–H and O–H groups in total. The van der Waals surface area contributed by atoms with E-state index in [0.29, 0.717) is 25.6 Å². The number of hydrogen-bond donors (Lipinski definition) is 1. The van der Waals surface area contributed by atoms with Gasteiger partial charge in [-0.25, -0.2) is 31.1 Å². The van der Waals surface area contributed by atoms with E-state index in [1.165, 1.54) is 0 Å². The van der Waals surface area contributed by atoms with Gasteiger partial charge >= 0.3 is 0 Å². The van der Waals surface area contributed by atoms with E-state index in [0.717, 1.165) is 55.4 Å². The molecule has 2 fully saturated rings. The molecule has 0 spiro atoms. The summed E-state index contributed by atoms with van der Waals surface area (Å²) in [6.45, 7) is 2.70. The Bertz CT molecular complexity index is 1170. The van der Waals surface area contributed by atoms with Crippen LogP contribution >= 0.6 is 0 Å². The van der Waals surface area contributed by atoms with Crippen LogP contribution in [-0.4, -0.2) is 79.5 Å². The highest BCUT2D eigenvalue weighted by Crippen LogP contribution is 2.33. The molecule has 190 valence electrons. The van der Waals surface area contributed by atoms with Gasteiger partial charge in [-0.1, -0.05) is 6.92 Å². The van der Waals surface area contributed by atoms with E-state index in [2.05, 4.69) is 26.9 Å². The van der Waals surface area contributed by atoms with Crippen LogP contribution in [0.3, 0.4) is 0 Å². The summed E-state index contributed by atoms with van der Waals surface area (Å²) in [7, 11) is -4.45. The lowest BCUT2D eigenvalue weighted by Gasteiger charge is -2.37. The lowest BCUT2D eigenvalue weighted by Crippen LogP contribution is -2.44. The molecule has 0 amide bonds. The first-order valence-electron chi connectivity index (χ1n) is 12.4. The summed E-state index contributed by atoms with van der Waals surface area (Å²) in [6.07, 6.45) is 9.11. The van der Waals surface area contributed by atoms with Crippen LogP contribution in [-0.2, 0) is 19.9 Å². The van der Waals surface area contributed by atoms with Crippen LogP contribution in [0.5, 0.6) is 0 Å². The van der Waals surface area contributed by atoms with Crippen LogP contribution in [0, 0.1) is 11.8 Å². The van der Waals surface area contributed by atoms with Gasteiger partial charge in [0.1, 0.15) is 17.8 Å². The fourth-order valence-corrected chi connectivity index (χ4v) is 9.35. The maximum atomic E-state index is 13.2. The minimum absolute atomic E-state index is 0.0948. The third-order valence-corrected chi connectivity index (χ3v) is 11.4. The summed E-state index contributed by atoms with van der Waals surface area (Å²) in [5, 5.41) is 0.996. The van der Waals surface area contributed by atoms with Gasteiger partial charge < -0.3 is 9.88 Å². The minimum Gasteiger partial charge on any atom is -0.356 e. The van der Waals surface area contributed by atoms with Crippen molar-refractivity contribution in [1.29, 1.82) is 0 Å². The Balaban J connectivity index is 1.32. The summed E-state index contributed by atoms with van der Waals surface area (Å²) >= 11 is 0. The van der Waals surface area contributed by atoms with E-state index in [-0.39, 0.29) is 29.1 Å². The van der Waals surface area contributed by atoms with Crippen molar-refractivity contribution >= 4 is 36.7 Å². The third kappa shape index (κ3) is 5.91. The van der Waals surface area contributed by atoms with Crippen LogP contribution < -0.4 is 4.90 Å². The number of hydrogen-bond acceptors (Lipinski definition) is 7. The summed E-state index contributed by atoms with van der Waals surface area (Å²) in [5.41, 5.74) is 0.818. The van der Waals surface area contributed by atoms with Crippen molar-refractivity contribution in [1.82, 2.24) is 19.3 Å². The van der Waals surface area contributed by atoms with Gasteiger partial charge in [-0.2, -0.15) is 0 Å². The maximum absolute atomic E-state index is 13.2. The molecule has 4 rings (SSSR count). The van der Waals surface area contributed by atoms with Crippen molar-refractivity contribution in [2.24, 2.45) is 11.8 Å². The molecule has 9 nitrogen and oxygen atoms in total. The summed E-state index contributed by atoms with van der Waals surface area (Å²) in [4.78, 5) is 14.1. The van der Waals surface area contributed by atoms with Gasteiger partial charge in [0.2, 0.25) is 10.0 Å². The molecule has 2 aliphatic rings. The minimum atomic E-state index is -3.39. The second kappa shape index (κ2) is 10.5. The fraction of sp³-hybridized carbons (Fsp3) is 0.739. The highest BCUT2D eigenvalue weighted by molar-refractivity contribution is 7.91. The average molecular weight is 512 g/mol. The van der Waals surface area contributed by atoms with E-state index in [9.17, 15) is 16.8 Å². The predicted molar refractivity (Wildman–Crippen MR) is 135 cm³/mol. The van der Waals surface area contributed by atoms with Crippen LogP contribution in [0.25, 0.3) is 11.0 Å². The number of H-pyrrole nitrogens is 1. The molecule has 3 heterocycles. The molecular formula is C23H37N5O4S2. The Hall–Kier alpha value is -1.72. The van der Waals surface area contributed by atoms with E-state index in [1.54, 1.807) is 10.6 Å². The van der Waals surface area contributed by atoms with Gasteiger partial charge in [-0.3, -0.25) is 0 Å². The lowest BCUT2D eigenvalue weighted by molar-refractivity contribution is 0.276.